The maximum absolute atomic E-state index is 13.2. The number of aromatic amines is 1. The average molecular weight is 428 g/mol. The third-order valence-electron chi connectivity index (χ3n) is 4.83. The minimum absolute atomic E-state index is 0.0316. The Bertz CT molecular complexity index is 1150. The summed E-state index contributed by atoms with van der Waals surface area (Å²) in [6.07, 6.45) is 2.35. The number of carbonyl (C=O) groups excluding carboxylic acids is 1. The summed E-state index contributed by atoms with van der Waals surface area (Å²) < 4.78 is 1.65. The number of nitrogens with zero attached hydrogens (tertiary/aromatic N) is 3. The number of halogens is 1. The van der Waals surface area contributed by atoms with Gasteiger partial charge in [0.2, 0.25) is 11.1 Å². The lowest BCUT2D eigenvalue weighted by Crippen LogP contribution is -2.60. The lowest BCUT2D eigenvalue weighted by atomic mass is 10.0. The minimum Gasteiger partial charge on any atom is -0.291 e. The van der Waals surface area contributed by atoms with Crippen LogP contribution in [0.2, 0.25) is 5.02 Å². The van der Waals surface area contributed by atoms with Crippen molar-refractivity contribution >= 4 is 35.0 Å². The molecule has 1 atom stereocenters. The van der Waals surface area contributed by atoms with Crippen molar-refractivity contribution in [3.8, 4) is 11.3 Å². The monoisotopic (exact) mass is 427 g/mol. The van der Waals surface area contributed by atoms with Crippen molar-refractivity contribution in [2.75, 3.05) is 11.2 Å². The first-order valence-corrected chi connectivity index (χ1v) is 10.9. The number of carbonyl (C=O) groups is 1. The van der Waals surface area contributed by atoms with Crippen LogP contribution < -0.4 is 15.1 Å². The summed E-state index contributed by atoms with van der Waals surface area (Å²) >= 11 is 7.60. The smallest absolute Gasteiger partial charge is 0.291 e. The van der Waals surface area contributed by atoms with Crippen molar-refractivity contribution in [2.24, 2.45) is 0 Å². The van der Waals surface area contributed by atoms with Gasteiger partial charge < -0.3 is 0 Å². The van der Waals surface area contributed by atoms with E-state index in [-0.39, 0.29) is 11.5 Å². The molecule has 0 saturated heterocycles. The first-order valence-electron chi connectivity index (χ1n) is 9.32. The molecule has 8 heteroatoms. The highest BCUT2D eigenvalue weighted by Gasteiger charge is 2.45. The second kappa shape index (κ2) is 8.00. The zero-order valence-electron chi connectivity index (χ0n) is 16.1. The molecule has 0 bridgehead atoms. The van der Waals surface area contributed by atoms with E-state index in [0.29, 0.717) is 33.5 Å². The zero-order valence-corrected chi connectivity index (χ0v) is 17.6. The highest BCUT2D eigenvalue weighted by atomic mass is 35.5. The maximum atomic E-state index is 13.2. The molecular formula is C21H20ClN4O2S+. The molecule has 0 fully saturated rings. The van der Waals surface area contributed by atoms with Crippen LogP contribution in [0.3, 0.4) is 0 Å². The number of nitrogens with one attached hydrogen (secondary N) is 1. The van der Waals surface area contributed by atoms with E-state index in [9.17, 15) is 9.59 Å². The number of aromatic nitrogens is 3. The lowest BCUT2D eigenvalue weighted by molar-refractivity contribution is -0.763. The average Bonchev–Trinajstić information content (AvgIpc) is 2.72. The van der Waals surface area contributed by atoms with Gasteiger partial charge in [-0.15, -0.1) is 0 Å². The molecule has 1 aliphatic heterocycles. The lowest BCUT2D eigenvalue weighted by Gasteiger charge is -2.32. The molecule has 3 aromatic rings. The number of benzene rings is 2. The predicted molar refractivity (Wildman–Crippen MR) is 114 cm³/mol. The zero-order chi connectivity index (χ0) is 20.5. The Morgan fingerprint density at radius 3 is 2.79 bits per heavy atom. The van der Waals surface area contributed by atoms with Gasteiger partial charge in [0.05, 0.1) is 11.3 Å². The molecular weight excluding hydrogens is 408 g/mol. The molecule has 6 nitrogen and oxygen atoms in total. The van der Waals surface area contributed by atoms with Crippen molar-refractivity contribution in [1.82, 2.24) is 10.1 Å². The summed E-state index contributed by atoms with van der Waals surface area (Å²) in [6, 6.07) is 14.8. The molecule has 2 heterocycles. The molecule has 1 aliphatic rings. The van der Waals surface area contributed by atoms with Gasteiger partial charge in [-0.1, -0.05) is 54.6 Å². The van der Waals surface area contributed by atoms with Gasteiger partial charge >= 0.3 is 11.3 Å². The quantitative estimate of drug-likeness (QED) is 0.508. The van der Waals surface area contributed by atoms with Gasteiger partial charge in [-0.2, -0.15) is 0 Å². The van der Waals surface area contributed by atoms with E-state index in [4.69, 9.17) is 11.6 Å². The fraction of sp³-hybridized carbons (Fsp3) is 0.238. The molecule has 1 aromatic heterocycles. The third kappa shape index (κ3) is 3.45. The number of para-hydroxylation sites is 1. The van der Waals surface area contributed by atoms with Gasteiger partial charge in [-0.3, -0.25) is 14.6 Å². The number of rotatable bonds is 4. The summed E-state index contributed by atoms with van der Waals surface area (Å²) in [5.74, 6) is -0.0316. The van der Waals surface area contributed by atoms with Gasteiger partial charge in [0.25, 0.3) is 6.17 Å². The molecule has 0 saturated carbocycles. The number of hydrogen-bond donors (Lipinski definition) is 1. The van der Waals surface area contributed by atoms with Gasteiger partial charge in [0.1, 0.15) is 0 Å². The van der Waals surface area contributed by atoms with E-state index in [2.05, 4.69) is 10.1 Å². The van der Waals surface area contributed by atoms with E-state index in [0.717, 1.165) is 12.0 Å². The van der Waals surface area contributed by atoms with Crippen LogP contribution in [0.5, 0.6) is 0 Å². The van der Waals surface area contributed by atoms with Crippen LogP contribution in [0.15, 0.2) is 58.5 Å². The highest BCUT2D eigenvalue weighted by Crippen LogP contribution is 2.38. The largest absolute Gasteiger partial charge is 0.325 e. The van der Waals surface area contributed by atoms with Gasteiger partial charge in [-0.25, -0.2) is 4.90 Å². The molecule has 0 spiro atoms. The van der Waals surface area contributed by atoms with Gasteiger partial charge in [-0.05, 0) is 41.6 Å². The highest BCUT2D eigenvalue weighted by molar-refractivity contribution is 7.98. The van der Waals surface area contributed by atoms with E-state index < -0.39 is 6.17 Å². The topological polar surface area (TPSA) is 69.9 Å². The van der Waals surface area contributed by atoms with Crippen molar-refractivity contribution < 1.29 is 9.48 Å². The van der Waals surface area contributed by atoms with Gasteiger partial charge in [0.15, 0.2) is 0 Å². The molecule has 4 rings (SSSR count). The number of amides is 1. The van der Waals surface area contributed by atoms with E-state index in [1.807, 2.05) is 55.6 Å². The standard InChI is InChI=1S/C21H19ClN4O2S/c1-3-7-17(27)25-16-11-5-4-10-15(16)18-19(28)23-21(29-2)24-26(18)20(25)13-8-6-9-14(22)12-13/h4-6,8-12,20H,3,7H2,1-2H3/p+1. The Kier molecular flexibility index (Phi) is 5.43. The van der Waals surface area contributed by atoms with Crippen LogP contribution in [-0.2, 0) is 4.79 Å². The van der Waals surface area contributed by atoms with Crippen LogP contribution in [-0.4, -0.2) is 22.2 Å². The normalized spacial score (nSPS) is 15.0. The van der Waals surface area contributed by atoms with Crippen LogP contribution >= 0.6 is 23.4 Å². The molecule has 1 unspecified atom stereocenters. The molecule has 0 aliphatic carbocycles. The Labute approximate surface area is 177 Å². The molecule has 2 aromatic carbocycles. The molecule has 1 N–H and O–H groups in total. The van der Waals surface area contributed by atoms with Crippen LogP contribution in [0.25, 0.3) is 11.3 Å². The van der Waals surface area contributed by atoms with Crippen LogP contribution in [0.1, 0.15) is 31.5 Å². The molecule has 148 valence electrons. The Hall–Kier alpha value is -2.64. The van der Waals surface area contributed by atoms with Crippen molar-refractivity contribution in [3.63, 3.8) is 0 Å². The van der Waals surface area contributed by atoms with Crippen LogP contribution in [0, 0.1) is 0 Å². The Morgan fingerprint density at radius 1 is 1.28 bits per heavy atom. The molecule has 29 heavy (non-hydrogen) atoms. The van der Waals surface area contributed by atoms with Crippen molar-refractivity contribution in [2.45, 2.75) is 31.1 Å². The number of hydrogen-bond acceptors (Lipinski definition) is 4. The van der Waals surface area contributed by atoms with E-state index >= 15 is 0 Å². The first kappa shape index (κ1) is 19.7. The number of H-pyrrole nitrogens is 1. The van der Waals surface area contributed by atoms with Crippen molar-refractivity contribution in [1.29, 1.82) is 0 Å². The summed E-state index contributed by atoms with van der Waals surface area (Å²) in [7, 11) is 0. The SMILES string of the molecule is CCCC(=O)N1c2ccccc2-c2c(=O)[nH]c(SC)n[n+]2C1c1cccc(Cl)c1. The number of fused-ring (bicyclic) bond motifs is 3. The van der Waals surface area contributed by atoms with Gasteiger partial charge in [0, 0.05) is 22.1 Å². The Balaban J connectivity index is 2.07. The first-order chi connectivity index (χ1) is 14.0. The summed E-state index contributed by atoms with van der Waals surface area (Å²) in [5.41, 5.74) is 2.33. The van der Waals surface area contributed by atoms with Crippen LogP contribution in [0.4, 0.5) is 5.69 Å². The number of anilines is 1. The molecule has 0 radical (unpaired) electrons. The fourth-order valence-corrected chi connectivity index (χ4v) is 4.20. The second-order valence-electron chi connectivity index (χ2n) is 6.72. The summed E-state index contributed by atoms with van der Waals surface area (Å²) in [4.78, 5) is 30.8. The third-order valence-corrected chi connectivity index (χ3v) is 5.64. The predicted octanol–water partition coefficient (Wildman–Crippen LogP) is 3.79. The summed E-state index contributed by atoms with van der Waals surface area (Å²) in [6.45, 7) is 1.97. The maximum Gasteiger partial charge on any atom is 0.325 e. The minimum atomic E-state index is -0.606. The second-order valence-corrected chi connectivity index (χ2v) is 7.95. The fourth-order valence-electron chi connectivity index (χ4n) is 3.64. The summed E-state index contributed by atoms with van der Waals surface area (Å²) in [5, 5.41) is 5.70. The Morgan fingerprint density at radius 2 is 2.07 bits per heavy atom. The molecule has 1 amide bonds. The van der Waals surface area contributed by atoms with E-state index in [1.54, 1.807) is 15.6 Å². The van der Waals surface area contributed by atoms with Crippen molar-refractivity contribution in [3.05, 3.63) is 69.5 Å². The van der Waals surface area contributed by atoms with E-state index in [1.165, 1.54) is 11.8 Å². The number of thioether (sulfide) groups is 1.